The number of aliphatic hydroxyl groups is 1. The summed E-state index contributed by atoms with van der Waals surface area (Å²) < 4.78 is 13.7. The van der Waals surface area contributed by atoms with Gasteiger partial charge in [0.05, 0.1) is 10.1 Å². The van der Waals surface area contributed by atoms with Gasteiger partial charge in [-0.3, -0.25) is 0 Å². The van der Waals surface area contributed by atoms with Gasteiger partial charge in [-0.1, -0.05) is 12.1 Å². The maximum absolute atomic E-state index is 13.3. The Morgan fingerprint density at radius 3 is 2.67 bits per heavy atom. The average molecular weight is 274 g/mol. The Bertz CT molecular complexity index is 364. The molecule has 82 valence electrons. The molecular weight excluding hydrogens is 261 g/mol. The lowest BCUT2D eigenvalue weighted by molar-refractivity contribution is 0.00495. The van der Waals surface area contributed by atoms with E-state index in [9.17, 15) is 9.50 Å². The minimum absolute atomic E-state index is 0.320. The van der Waals surface area contributed by atoms with Crippen LogP contribution in [-0.4, -0.2) is 18.2 Å². The van der Waals surface area contributed by atoms with E-state index in [1.165, 1.54) is 6.07 Å². The van der Waals surface area contributed by atoms with Gasteiger partial charge in [-0.2, -0.15) is 0 Å². The summed E-state index contributed by atoms with van der Waals surface area (Å²) in [5.41, 5.74) is -0.240. The van der Waals surface area contributed by atoms with E-state index in [2.05, 4.69) is 21.2 Å². The second-order valence-corrected chi connectivity index (χ2v) is 4.68. The number of piperidine rings is 1. The van der Waals surface area contributed by atoms with E-state index in [1.807, 2.05) is 0 Å². The summed E-state index contributed by atoms with van der Waals surface area (Å²) in [6, 6.07) is 4.80. The van der Waals surface area contributed by atoms with Gasteiger partial charge >= 0.3 is 0 Å². The molecule has 0 radical (unpaired) electrons. The zero-order valence-corrected chi connectivity index (χ0v) is 9.85. The lowest BCUT2D eigenvalue weighted by Gasteiger charge is -2.33. The van der Waals surface area contributed by atoms with Crippen molar-refractivity contribution >= 4 is 15.9 Å². The lowest BCUT2D eigenvalue weighted by atomic mass is 9.85. The van der Waals surface area contributed by atoms with Crippen LogP contribution in [0.4, 0.5) is 4.39 Å². The molecule has 1 aromatic rings. The Kier molecular flexibility index (Phi) is 3.09. The van der Waals surface area contributed by atoms with Crippen LogP contribution < -0.4 is 5.32 Å². The van der Waals surface area contributed by atoms with Crippen molar-refractivity contribution in [3.05, 3.63) is 34.1 Å². The molecule has 1 aliphatic heterocycles. The third kappa shape index (κ3) is 2.07. The van der Waals surface area contributed by atoms with E-state index in [1.54, 1.807) is 12.1 Å². The second-order valence-electron chi connectivity index (χ2n) is 3.88. The zero-order valence-electron chi connectivity index (χ0n) is 8.26. The van der Waals surface area contributed by atoms with E-state index in [-0.39, 0.29) is 5.82 Å². The molecule has 0 amide bonds. The van der Waals surface area contributed by atoms with Crippen LogP contribution in [0, 0.1) is 5.82 Å². The van der Waals surface area contributed by atoms with Crippen molar-refractivity contribution in [3.63, 3.8) is 0 Å². The molecule has 0 bridgehead atoms. The van der Waals surface area contributed by atoms with Crippen molar-refractivity contribution in [1.29, 1.82) is 0 Å². The number of hydrogen-bond donors (Lipinski definition) is 2. The molecule has 2 rings (SSSR count). The quantitative estimate of drug-likeness (QED) is 0.822. The van der Waals surface area contributed by atoms with Crippen LogP contribution in [0.15, 0.2) is 22.7 Å². The predicted octanol–water partition coefficient (Wildman–Crippen LogP) is 2.16. The van der Waals surface area contributed by atoms with Gasteiger partial charge in [-0.25, -0.2) is 4.39 Å². The van der Waals surface area contributed by atoms with Crippen LogP contribution in [0.3, 0.4) is 0 Å². The molecule has 0 spiro atoms. The molecule has 0 unspecified atom stereocenters. The van der Waals surface area contributed by atoms with Crippen LogP contribution in [0.1, 0.15) is 18.4 Å². The van der Waals surface area contributed by atoms with Crippen molar-refractivity contribution in [3.8, 4) is 0 Å². The lowest BCUT2D eigenvalue weighted by Crippen LogP contribution is -2.40. The molecule has 1 heterocycles. The van der Waals surface area contributed by atoms with Crippen LogP contribution in [0.2, 0.25) is 0 Å². The van der Waals surface area contributed by atoms with E-state index < -0.39 is 5.60 Å². The average Bonchev–Trinajstić information content (AvgIpc) is 2.23. The maximum atomic E-state index is 13.3. The van der Waals surface area contributed by atoms with Gasteiger partial charge in [0.2, 0.25) is 0 Å². The molecule has 0 aromatic heterocycles. The summed E-state index contributed by atoms with van der Waals surface area (Å²) in [5.74, 6) is -0.320. The number of hydrogen-bond acceptors (Lipinski definition) is 2. The molecule has 2 nitrogen and oxygen atoms in total. The highest BCUT2D eigenvalue weighted by molar-refractivity contribution is 9.10. The third-order valence-electron chi connectivity index (χ3n) is 2.88. The second kappa shape index (κ2) is 4.20. The standard InChI is InChI=1S/C11H13BrFNO/c12-10-8(2-1-3-9(10)13)11(15)4-6-14-7-5-11/h1-3,14-15H,4-7H2. The van der Waals surface area contributed by atoms with Crippen molar-refractivity contribution in [2.75, 3.05) is 13.1 Å². The molecule has 15 heavy (non-hydrogen) atoms. The zero-order chi connectivity index (χ0) is 10.9. The Hall–Kier alpha value is -0.450. The summed E-state index contributed by atoms with van der Waals surface area (Å²) >= 11 is 3.20. The molecule has 1 aliphatic rings. The summed E-state index contributed by atoms with van der Waals surface area (Å²) in [7, 11) is 0. The largest absolute Gasteiger partial charge is 0.385 e. The topological polar surface area (TPSA) is 32.3 Å². The minimum atomic E-state index is -0.897. The summed E-state index contributed by atoms with van der Waals surface area (Å²) in [4.78, 5) is 0. The SMILES string of the molecule is OC1(c2cccc(F)c2Br)CCNCC1. The fourth-order valence-corrected chi connectivity index (χ4v) is 2.61. The van der Waals surface area contributed by atoms with Crippen LogP contribution in [0.5, 0.6) is 0 Å². The smallest absolute Gasteiger partial charge is 0.137 e. The normalized spacial score (nSPS) is 20.2. The van der Waals surface area contributed by atoms with Gasteiger partial charge in [0, 0.05) is 5.56 Å². The highest BCUT2D eigenvalue weighted by Gasteiger charge is 2.33. The molecule has 1 aromatic carbocycles. The molecule has 1 saturated heterocycles. The third-order valence-corrected chi connectivity index (χ3v) is 3.69. The monoisotopic (exact) mass is 273 g/mol. The van der Waals surface area contributed by atoms with E-state index in [0.717, 1.165) is 13.1 Å². The number of halogens is 2. The fraction of sp³-hybridized carbons (Fsp3) is 0.455. The molecule has 2 N–H and O–H groups in total. The Morgan fingerprint density at radius 1 is 1.33 bits per heavy atom. The first-order valence-corrected chi connectivity index (χ1v) is 5.80. The summed E-state index contributed by atoms with van der Waals surface area (Å²) in [5, 5.41) is 13.6. The Balaban J connectivity index is 2.39. The Labute approximate surface area is 96.6 Å². The predicted molar refractivity (Wildman–Crippen MR) is 60.1 cm³/mol. The number of nitrogens with one attached hydrogen (secondary N) is 1. The minimum Gasteiger partial charge on any atom is -0.385 e. The molecule has 1 fully saturated rings. The van der Waals surface area contributed by atoms with Gasteiger partial charge in [0.25, 0.3) is 0 Å². The van der Waals surface area contributed by atoms with Crippen molar-refractivity contribution < 1.29 is 9.50 Å². The van der Waals surface area contributed by atoms with Crippen LogP contribution >= 0.6 is 15.9 Å². The van der Waals surface area contributed by atoms with E-state index >= 15 is 0 Å². The van der Waals surface area contributed by atoms with Crippen LogP contribution in [-0.2, 0) is 5.60 Å². The summed E-state index contributed by atoms with van der Waals surface area (Å²) in [6.07, 6.45) is 1.24. The van der Waals surface area contributed by atoms with E-state index in [0.29, 0.717) is 22.9 Å². The van der Waals surface area contributed by atoms with Crippen molar-refractivity contribution in [2.24, 2.45) is 0 Å². The van der Waals surface area contributed by atoms with Crippen molar-refractivity contribution in [1.82, 2.24) is 5.32 Å². The highest BCUT2D eigenvalue weighted by atomic mass is 79.9. The first-order valence-electron chi connectivity index (χ1n) is 5.01. The molecular formula is C11H13BrFNO. The number of benzene rings is 1. The van der Waals surface area contributed by atoms with Crippen LogP contribution in [0.25, 0.3) is 0 Å². The van der Waals surface area contributed by atoms with Gasteiger partial charge in [0.15, 0.2) is 0 Å². The molecule has 0 atom stereocenters. The maximum Gasteiger partial charge on any atom is 0.137 e. The molecule has 0 saturated carbocycles. The van der Waals surface area contributed by atoms with E-state index in [4.69, 9.17) is 0 Å². The van der Waals surface area contributed by atoms with Gasteiger partial charge in [0.1, 0.15) is 5.82 Å². The molecule has 0 aliphatic carbocycles. The fourth-order valence-electron chi connectivity index (χ4n) is 1.97. The highest BCUT2D eigenvalue weighted by Crippen LogP contribution is 2.36. The first kappa shape index (κ1) is 11.0. The first-order chi connectivity index (χ1) is 7.13. The Morgan fingerprint density at radius 2 is 2.00 bits per heavy atom. The van der Waals surface area contributed by atoms with Crippen molar-refractivity contribution in [2.45, 2.75) is 18.4 Å². The van der Waals surface area contributed by atoms with Gasteiger partial charge in [-0.15, -0.1) is 0 Å². The van der Waals surface area contributed by atoms with Gasteiger partial charge in [-0.05, 0) is 47.9 Å². The van der Waals surface area contributed by atoms with Gasteiger partial charge < -0.3 is 10.4 Å². The summed E-state index contributed by atoms with van der Waals surface area (Å²) in [6.45, 7) is 1.53. The molecule has 4 heteroatoms. The number of rotatable bonds is 1.